The SMILES string of the molecule is CNC(=O)c1cc(NC2CCC(=O)N(C)C2)ccn1. The molecule has 1 aliphatic rings. The highest BCUT2D eigenvalue weighted by Crippen LogP contribution is 2.16. The third kappa shape index (κ3) is 3.21. The lowest BCUT2D eigenvalue weighted by molar-refractivity contribution is -0.132. The van der Waals surface area contributed by atoms with Crippen molar-refractivity contribution in [2.45, 2.75) is 18.9 Å². The molecule has 1 aliphatic heterocycles. The van der Waals surface area contributed by atoms with Crippen molar-refractivity contribution in [2.75, 3.05) is 26.0 Å². The highest BCUT2D eigenvalue weighted by Gasteiger charge is 2.22. The average molecular weight is 262 g/mol. The summed E-state index contributed by atoms with van der Waals surface area (Å²) in [6, 6.07) is 3.75. The van der Waals surface area contributed by atoms with Crippen LogP contribution in [0.15, 0.2) is 18.3 Å². The van der Waals surface area contributed by atoms with E-state index >= 15 is 0 Å². The van der Waals surface area contributed by atoms with Crippen molar-refractivity contribution in [3.8, 4) is 0 Å². The van der Waals surface area contributed by atoms with Crippen LogP contribution in [0.2, 0.25) is 0 Å². The van der Waals surface area contributed by atoms with Gasteiger partial charge in [-0.25, -0.2) is 0 Å². The van der Waals surface area contributed by atoms with Gasteiger partial charge in [0, 0.05) is 45.0 Å². The molecule has 102 valence electrons. The molecule has 1 aromatic heterocycles. The highest BCUT2D eigenvalue weighted by atomic mass is 16.2. The molecule has 1 fully saturated rings. The average Bonchev–Trinajstić information content (AvgIpc) is 2.42. The van der Waals surface area contributed by atoms with Crippen LogP contribution >= 0.6 is 0 Å². The molecule has 1 unspecified atom stereocenters. The Balaban J connectivity index is 2.03. The Hall–Kier alpha value is -2.11. The van der Waals surface area contributed by atoms with Crippen molar-refractivity contribution in [1.82, 2.24) is 15.2 Å². The molecule has 6 heteroatoms. The van der Waals surface area contributed by atoms with Crippen LogP contribution in [0.1, 0.15) is 23.3 Å². The molecule has 0 spiro atoms. The Morgan fingerprint density at radius 2 is 2.32 bits per heavy atom. The molecule has 19 heavy (non-hydrogen) atoms. The molecule has 2 heterocycles. The van der Waals surface area contributed by atoms with Gasteiger partial charge in [-0.2, -0.15) is 0 Å². The van der Waals surface area contributed by atoms with Crippen molar-refractivity contribution in [2.24, 2.45) is 0 Å². The molecule has 2 N–H and O–H groups in total. The summed E-state index contributed by atoms with van der Waals surface area (Å²) in [4.78, 5) is 28.6. The van der Waals surface area contributed by atoms with Crippen LogP contribution in [0.5, 0.6) is 0 Å². The second kappa shape index (κ2) is 5.69. The van der Waals surface area contributed by atoms with Gasteiger partial charge in [-0.05, 0) is 18.6 Å². The van der Waals surface area contributed by atoms with Gasteiger partial charge in [0.2, 0.25) is 5.91 Å². The summed E-state index contributed by atoms with van der Waals surface area (Å²) < 4.78 is 0. The number of nitrogens with zero attached hydrogens (tertiary/aromatic N) is 2. The molecule has 0 aliphatic carbocycles. The maximum atomic E-state index is 11.5. The zero-order valence-corrected chi connectivity index (χ0v) is 11.1. The van der Waals surface area contributed by atoms with Crippen molar-refractivity contribution in [3.05, 3.63) is 24.0 Å². The van der Waals surface area contributed by atoms with Crippen molar-refractivity contribution >= 4 is 17.5 Å². The molecular formula is C13H18N4O2. The standard InChI is InChI=1S/C13H18N4O2/c1-14-13(19)11-7-9(5-6-15-11)16-10-3-4-12(18)17(2)8-10/h5-7,10H,3-4,8H2,1-2H3,(H,14,19)(H,15,16). The summed E-state index contributed by atoms with van der Waals surface area (Å²) >= 11 is 0. The van der Waals surface area contributed by atoms with E-state index in [-0.39, 0.29) is 17.9 Å². The number of hydrogen-bond acceptors (Lipinski definition) is 4. The number of rotatable bonds is 3. The Bertz CT molecular complexity index is 489. The van der Waals surface area contributed by atoms with Gasteiger partial charge in [0.15, 0.2) is 0 Å². The number of nitrogens with one attached hydrogen (secondary N) is 2. The van der Waals surface area contributed by atoms with Gasteiger partial charge in [-0.15, -0.1) is 0 Å². The Labute approximate surface area is 112 Å². The van der Waals surface area contributed by atoms with Crippen LogP contribution < -0.4 is 10.6 Å². The van der Waals surface area contributed by atoms with Crippen LogP contribution in [-0.2, 0) is 4.79 Å². The van der Waals surface area contributed by atoms with Crippen molar-refractivity contribution < 1.29 is 9.59 Å². The Morgan fingerprint density at radius 3 is 3.00 bits per heavy atom. The number of anilines is 1. The first-order chi connectivity index (χ1) is 9.10. The smallest absolute Gasteiger partial charge is 0.269 e. The summed E-state index contributed by atoms with van der Waals surface area (Å²) in [6.07, 6.45) is 2.97. The molecular weight excluding hydrogens is 244 g/mol. The monoisotopic (exact) mass is 262 g/mol. The van der Waals surface area contributed by atoms with Crippen LogP contribution in [0.4, 0.5) is 5.69 Å². The first-order valence-electron chi connectivity index (χ1n) is 6.29. The number of likely N-dealkylation sites (N-methyl/N-ethyl adjacent to an activating group) is 1. The molecule has 1 saturated heterocycles. The predicted molar refractivity (Wildman–Crippen MR) is 71.9 cm³/mol. The summed E-state index contributed by atoms with van der Waals surface area (Å²) in [7, 11) is 3.38. The summed E-state index contributed by atoms with van der Waals surface area (Å²) in [6.45, 7) is 0.677. The summed E-state index contributed by atoms with van der Waals surface area (Å²) in [5.41, 5.74) is 1.23. The van der Waals surface area contributed by atoms with Crippen LogP contribution in [0, 0.1) is 0 Å². The molecule has 2 amide bonds. The molecule has 2 rings (SSSR count). The van der Waals surface area contributed by atoms with E-state index < -0.39 is 0 Å². The fourth-order valence-corrected chi connectivity index (χ4v) is 2.14. The number of amides is 2. The van der Waals surface area contributed by atoms with Gasteiger partial charge in [0.05, 0.1) is 0 Å². The lowest BCUT2D eigenvalue weighted by Gasteiger charge is -2.30. The molecule has 0 bridgehead atoms. The number of carbonyl (C=O) groups is 2. The third-order valence-corrected chi connectivity index (χ3v) is 3.22. The second-order valence-corrected chi connectivity index (χ2v) is 4.66. The van der Waals surface area contributed by atoms with Crippen molar-refractivity contribution in [1.29, 1.82) is 0 Å². The van der Waals surface area contributed by atoms with Gasteiger partial charge in [-0.3, -0.25) is 14.6 Å². The normalized spacial score (nSPS) is 19.2. The van der Waals surface area contributed by atoms with E-state index in [1.807, 2.05) is 6.07 Å². The number of piperidine rings is 1. The van der Waals surface area contributed by atoms with E-state index in [0.29, 0.717) is 18.7 Å². The summed E-state index contributed by atoms with van der Waals surface area (Å²) in [5.74, 6) is -0.0292. The van der Waals surface area contributed by atoms with Gasteiger partial charge >= 0.3 is 0 Å². The van der Waals surface area contributed by atoms with Crippen molar-refractivity contribution in [3.63, 3.8) is 0 Å². The van der Waals surface area contributed by atoms with E-state index in [4.69, 9.17) is 0 Å². The van der Waals surface area contributed by atoms with E-state index in [1.165, 1.54) is 0 Å². The highest BCUT2D eigenvalue weighted by molar-refractivity contribution is 5.92. The van der Waals surface area contributed by atoms with E-state index in [2.05, 4.69) is 15.6 Å². The minimum atomic E-state index is -0.209. The predicted octanol–water partition coefficient (Wildman–Crippen LogP) is 0.474. The molecule has 0 saturated carbocycles. The minimum absolute atomic E-state index is 0.179. The van der Waals surface area contributed by atoms with Gasteiger partial charge in [-0.1, -0.05) is 0 Å². The molecule has 1 aromatic rings. The zero-order valence-electron chi connectivity index (χ0n) is 11.1. The number of carbonyl (C=O) groups excluding carboxylic acids is 2. The van der Waals surface area contributed by atoms with Gasteiger partial charge < -0.3 is 15.5 Å². The fraction of sp³-hybridized carbons (Fsp3) is 0.462. The molecule has 6 nitrogen and oxygen atoms in total. The fourth-order valence-electron chi connectivity index (χ4n) is 2.14. The number of aromatic nitrogens is 1. The van der Waals surface area contributed by atoms with E-state index in [0.717, 1.165) is 12.1 Å². The number of hydrogen-bond donors (Lipinski definition) is 2. The molecule has 0 radical (unpaired) electrons. The topological polar surface area (TPSA) is 74.3 Å². The van der Waals surface area contributed by atoms with Gasteiger partial charge in [0.25, 0.3) is 5.91 Å². The number of pyridine rings is 1. The molecule has 0 aromatic carbocycles. The maximum Gasteiger partial charge on any atom is 0.269 e. The molecule has 1 atom stereocenters. The van der Waals surface area contributed by atoms with E-state index in [1.54, 1.807) is 31.3 Å². The third-order valence-electron chi connectivity index (χ3n) is 3.22. The first-order valence-corrected chi connectivity index (χ1v) is 6.29. The number of likely N-dealkylation sites (tertiary alicyclic amines) is 1. The Morgan fingerprint density at radius 1 is 1.53 bits per heavy atom. The minimum Gasteiger partial charge on any atom is -0.380 e. The van der Waals surface area contributed by atoms with Crippen LogP contribution in [0.3, 0.4) is 0 Å². The van der Waals surface area contributed by atoms with Crippen LogP contribution in [0.25, 0.3) is 0 Å². The quantitative estimate of drug-likeness (QED) is 0.830. The largest absolute Gasteiger partial charge is 0.380 e. The zero-order chi connectivity index (χ0) is 13.8. The maximum absolute atomic E-state index is 11.5. The second-order valence-electron chi connectivity index (χ2n) is 4.66. The first kappa shape index (κ1) is 13.3. The van der Waals surface area contributed by atoms with Crippen LogP contribution in [-0.4, -0.2) is 48.4 Å². The van der Waals surface area contributed by atoms with E-state index in [9.17, 15) is 9.59 Å². The summed E-state index contributed by atoms with van der Waals surface area (Å²) in [5, 5.41) is 5.88. The Kier molecular flexibility index (Phi) is 3.99. The lowest BCUT2D eigenvalue weighted by Crippen LogP contribution is -2.43. The lowest BCUT2D eigenvalue weighted by atomic mass is 10.1. The van der Waals surface area contributed by atoms with Gasteiger partial charge in [0.1, 0.15) is 5.69 Å².